The maximum atomic E-state index is 13.1. The van der Waals surface area contributed by atoms with Gasteiger partial charge in [0.25, 0.3) is 0 Å². The van der Waals surface area contributed by atoms with Crippen LogP contribution in [-0.2, 0) is 19.6 Å². The minimum absolute atomic E-state index is 0.0365. The third kappa shape index (κ3) is 4.46. The van der Waals surface area contributed by atoms with E-state index in [-0.39, 0.29) is 29.8 Å². The maximum Gasteiger partial charge on any atom is 0.310 e. The van der Waals surface area contributed by atoms with E-state index in [0.717, 1.165) is 5.56 Å². The van der Waals surface area contributed by atoms with Crippen LogP contribution in [0, 0.1) is 12.8 Å². The Morgan fingerprint density at radius 2 is 2.04 bits per heavy atom. The van der Waals surface area contributed by atoms with Gasteiger partial charge in [0, 0.05) is 18.1 Å². The summed E-state index contributed by atoms with van der Waals surface area (Å²) in [6.07, 6.45) is 1.23. The van der Waals surface area contributed by atoms with E-state index < -0.39 is 15.9 Å². The van der Waals surface area contributed by atoms with Gasteiger partial charge in [-0.15, -0.1) is 0 Å². The van der Waals surface area contributed by atoms with Crippen molar-refractivity contribution < 1.29 is 22.7 Å². The van der Waals surface area contributed by atoms with Crippen LogP contribution in [0.4, 0.5) is 0 Å². The number of piperidine rings is 1. The first kappa shape index (κ1) is 20.0. The average Bonchev–Trinajstić information content (AvgIpc) is 2.58. The van der Waals surface area contributed by atoms with Gasteiger partial charge >= 0.3 is 5.97 Å². The molecule has 1 aromatic carbocycles. The predicted octanol–water partition coefficient (Wildman–Crippen LogP) is 3.01. The van der Waals surface area contributed by atoms with Crippen LogP contribution < -0.4 is 4.74 Å². The summed E-state index contributed by atoms with van der Waals surface area (Å²) in [7, 11) is -3.82. The molecule has 0 saturated carbocycles. The molecule has 1 saturated heterocycles. The number of esters is 1. The van der Waals surface area contributed by atoms with E-state index in [4.69, 9.17) is 21.1 Å². The molecule has 8 heteroatoms. The van der Waals surface area contributed by atoms with Crippen LogP contribution in [0.1, 0.15) is 32.3 Å². The molecular formula is C17H24ClNO5S. The quantitative estimate of drug-likeness (QED) is 0.699. The van der Waals surface area contributed by atoms with Gasteiger partial charge in [0.2, 0.25) is 10.0 Å². The molecule has 1 aromatic rings. The molecule has 1 aliphatic rings. The number of nitrogens with zero attached hydrogens (tertiary/aromatic N) is 1. The molecule has 0 bridgehead atoms. The normalized spacial score (nSPS) is 18.8. The topological polar surface area (TPSA) is 72.9 Å². The summed E-state index contributed by atoms with van der Waals surface area (Å²) in [6.45, 7) is 6.40. The molecule has 0 aliphatic carbocycles. The van der Waals surface area contributed by atoms with Crippen LogP contribution in [0.5, 0.6) is 5.75 Å². The molecule has 0 aromatic heterocycles. The lowest BCUT2D eigenvalue weighted by atomic mass is 10.0. The number of hydrogen-bond donors (Lipinski definition) is 0. The fraction of sp³-hybridized carbons (Fsp3) is 0.588. The van der Waals surface area contributed by atoms with Gasteiger partial charge in [0.05, 0.1) is 19.1 Å². The molecule has 25 heavy (non-hydrogen) atoms. The molecule has 1 fully saturated rings. The lowest BCUT2D eigenvalue weighted by Crippen LogP contribution is -2.42. The lowest BCUT2D eigenvalue weighted by molar-refractivity contribution is -0.149. The average molecular weight is 390 g/mol. The largest absolute Gasteiger partial charge is 0.492 e. The van der Waals surface area contributed by atoms with Crippen LogP contribution in [-0.4, -0.2) is 45.0 Å². The molecule has 0 radical (unpaired) electrons. The number of rotatable bonds is 6. The maximum absolute atomic E-state index is 13.1. The molecule has 0 amide bonds. The molecule has 6 nitrogen and oxygen atoms in total. The zero-order valence-electron chi connectivity index (χ0n) is 14.7. The lowest BCUT2D eigenvalue weighted by Gasteiger charge is -2.31. The van der Waals surface area contributed by atoms with Gasteiger partial charge < -0.3 is 9.47 Å². The summed E-state index contributed by atoms with van der Waals surface area (Å²) in [5.74, 6) is -0.517. The van der Waals surface area contributed by atoms with Crippen molar-refractivity contribution in [1.29, 1.82) is 0 Å². The number of aryl methyl sites for hydroxylation is 1. The third-order valence-electron chi connectivity index (χ3n) is 4.15. The van der Waals surface area contributed by atoms with E-state index in [1.54, 1.807) is 26.8 Å². The Morgan fingerprint density at radius 1 is 1.32 bits per heavy atom. The molecule has 2 rings (SSSR count). The Balaban J connectivity index is 2.34. The molecule has 0 N–H and O–H groups in total. The second kappa shape index (κ2) is 8.38. The first-order valence-corrected chi connectivity index (χ1v) is 10.2. The summed E-state index contributed by atoms with van der Waals surface area (Å²) < 4.78 is 38.1. The number of carbonyl (C=O) groups is 1. The number of carbonyl (C=O) groups excluding carboxylic acids is 1. The fourth-order valence-corrected chi connectivity index (χ4v) is 4.75. The summed E-state index contributed by atoms with van der Waals surface area (Å²) in [6, 6.07) is 3.05. The first-order valence-electron chi connectivity index (χ1n) is 8.41. The zero-order valence-corrected chi connectivity index (χ0v) is 16.3. The number of benzene rings is 1. The van der Waals surface area contributed by atoms with Crippen molar-refractivity contribution in [2.24, 2.45) is 5.92 Å². The SMILES string of the molecule is CCOC(=O)C1CCCN(S(=O)(=O)c2cc(Cl)c(C)cc2OCC)C1. The number of halogens is 1. The Bertz CT molecular complexity index is 735. The first-order chi connectivity index (χ1) is 11.8. The van der Waals surface area contributed by atoms with Crippen molar-refractivity contribution in [3.8, 4) is 5.75 Å². The highest BCUT2D eigenvalue weighted by molar-refractivity contribution is 7.89. The predicted molar refractivity (Wildman–Crippen MR) is 95.5 cm³/mol. The van der Waals surface area contributed by atoms with Gasteiger partial charge in [-0.2, -0.15) is 4.31 Å². The van der Waals surface area contributed by atoms with E-state index in [1.807, 2.05) is 0 Å². The van der Waals surface area contributed by atoms with Crippen molar-refractivity contribution in [3.63, 3.8) is 0 Å². The molecule has 140 valence electrons. The van der Waals surface area contributed by atoms with E-state index >= 15 is 0 Å². The highest BCUT2D eigenvalue weighted by Crippen LogP contribution is 2.34. The summed E-state index contributed by atoms with van der Waals surface area (Å²) in [5.41, 5.74) is 0.743. The second-order valence-electron chi connectivity index (χ2n) is 5.94. The van der Waals surface area contributed by atoms with Crippen molar-refractivity contribution >= 4 is 27.6 Å². The van der Waals surface area contributed by atoms with Gasteiger partial charge in [-0.05, 0) is 51.3 Å². The van der Waals surface area contributed by atoms with Crippen molar-refractivity contribution in [3.05, 3.63) is 22.7 Å². The van der Waals surface area contributed by atoms with E-state index in [9.17, 15) is 13.2 Å². The van der Waals surface area contributed by atoms with Gasteiger partial charge in [0.1, 0.15) is 10.6 Å². The standard InChI is InChI=1S/C17H24ClNO5S/c1-4-23-15-9-12(3)14(18)10-16(15)25(21,22)19-8-6-7-13(11-19)17(20)24-5-2/h9-10,13H,4-8,11H2,1-3H3. The molecule has 1 aliphatic heterocycles. The highest BCUT2D eigenvalue weighted by atomic mass is 35.5. The monoisotopic (exact) mass is 389 g/mol. The zero-order chi connectivity index (χ0) is 18.6. The van der Waals surface area contributed by atoms with Gasteiger partial charge in [-0.3, -0.25) is 4.79 Å². The molecular weight excluding hydrogens is 366 g/mol. The number of sulfonamides is 1. The highest BCUT2D eigenvalue weighted by Gasteiger charge is 2.35. The summed E-state index contributed by atoms with van der Waals surface area (Å²) in [5, 5.41) is 0.362. The molecule has 1 atom stereocenters. The van der Waals surface area contributed by atoms with E-state index in [2.05, 4.69) is 0 Å². The molecule has 0 spiro atoms. The third-order valence-corrected chi connectivity index (χ3v) is 6.44. The Morgan fingerprint density at radius 3 is 2.68 bits per heavy atom. The molecule has 1 unspecified atom stereocenters. The van der Waals surface area contributed by atoms with Crippen LogP contribution in [0.25, 0.3) is 0 Å². The second-order valence-corrected chi connectivity index (χ2v) is 8.25. The Labute approximate surface area is 154 Å². The van der Waals surface area contributed by atoms with Gasteiger partial charge in [-0.1, -0.05) is 11.6 Å². The van der Waals surface area contributed by atoms with Gasteiger partial charge in [-0.25, -0.2) is 8.42 Å². The Hall–Kier alpha value is -1.31. The minimum Gasteiger partial charge on any atom is -0.492 e. The smallest absolute Gasteiger partial charge is 0.310 e. The van der Waals surface area contributed by atoms with Crippen LogP contribution in [0.2, 0.25) is 5.02 Å². The van der Waals surface area contributed by atoms with E-state index in [1.165, 1.54) is 10.4 Å². The van der Waals surface area contributed by atoms with Crippen LogP contribution in [0.3, 0.4) is 0 Å². The summed E-state index contributed by atoms with van der Waals surface area (Å²) >= 11 is 6.14. The minimum atomic E-state index is -3.82. The van der Waals surface area contributed by atoms with Crippen molar-refractivity contribution in [1.82, 2.24) is 4.31 Å². The number of ether oxygens (including phenoxy) is 2. The van der Waals surface area contributed by atoms with Crippen LogP contribution >= 0.6 is 11.6 Å². The molecule has 1 heterocycles. The van der Waals surface area contributed by atoms with Crippen molar-refractivity contribution in [2.75, 3.05) is 26.3 Å². The van der Waals surface area contributed by atoms with Crippen LogP contribution in [0.15, 0.2) is 17.0 Å². The summed E-state index contributed by atoms with van der Waals surface area (Å²) in [4.78, 5) is 12.0. The van der Waals surface area contributed by atoms with Crippen molar-refractivity contribution in [2.45, 2.75) is 38.5 Å². The fourth-order valence-electron chi connectivity index (χ4n) is 2.86. The van der Waals surface area contributed by atoms with E-state index in [0.29, 0.717) is 31.0 Å². The Kier molecular flexibility index (Phi) is 6.71. The van der Waals surface area contributed by atoms with Gasteiger partial charge in [0.15, 0.2) is 0 Å². The number of hydrogen-bond acceptors (Lipinski definition) is 5.